The second-order valence-corrected chi connectivity index (χ2v) is 19.2. The van der Waals surface area contributed by atoms with Crippen molar-refractivity contribution >= 4 is 52.9 Å². The quantitative estimate of drug-likeness (QED) is 0.140. The molecule has 3 aromatic rings. The summed E-state index contributed by atoms with van der Waals surface area (Å²) < 4.78 is 15.6. The molecule has 3 saturated heterocycles. The first-order valence-corrected chi connectivity index (χ1v) is 22.5. The van der Waals surface area contributed by atoms with E-state index < -0.39 is 47.2 Å². The van der Waals surface area contributed by atoms with Gasteiger partial charge in [0.05, 0.1) is 20.3 Å². The Kier molecular flexibility index (Phi) is 15.8. The van der Waals surface area contributed by atoms with Crippen LogP contribution in [0.3, 0.4) is 0 Å². The van der Waals surface area contributed by atoms with Crippen molar-refractivity contribution in [3.8, 4) is 0 Å². The standard InChI is InChI=1S/C49H65N7O9/c1-48(2,3)40(52-46(61)63-7)44(59)55-26-11-15-38(55)42(57)50-34-21-17-32(18-22-34)29-54(36-13-9-8-10-14-36)30-33-19-23-35(24-20-33)51-43(58)39-16-12-27-56(39)45(60)41(49(4,5)6)53-47(62)65-37-25-28-64-31-37/h8-10,13-14,17-24,37-41H,11-12,15-16,25-31H2,1-7H3,(H,50,57)(H,51,58)(H,52,61)(H,53,62)/t37-,38-,39-,40+,41+/m0/s1. The van der Waals surface area contributed by atoms with Crippen LogP contribution in [0.4, 0.5) is 26.7 Å². The number of alkyl carbamates (subject to hydrolysis) is 2. The summed E-state index contributed by atoms with van der Waals surface area (Å²) >= 11 is 0. The highest BCUT2D eigenvalue weighted by atomic mass is 16.6. The van der Waals surface area contributed by atoms with Crippen molar-refractivity contribution in [1.29, 1.82) is 0 Å². The number of hydrogen-bond donors (Lipinski definition) is 4. The first-order valence-electron chi connectivity index (χ1n) is 22.5. The maximum atomic E-state index is 13.9. The molecule has 3 aliphatic heterocycles. The number of carbonyl (C=O) groups is 6. The van der Waals surface area contributed by atoms with E-state index in [4.69, 9.17) is 14.2 Å². The van der Waals surface area contributed by atoms with E-state index in [1.54, 1.807) is 9.80 Å². The van der Waals surface area contributed by atoms with E-state index in [-0.39, 0.29) is 29.7 Å². The Hall–Kier alpha value is -6.16. The molecule has 0 aliphatic carbocycles. The van der Waals surface area contributed by atoms with Crippen LogP contribution in [0, 0.1) is 10.8 Å². The molecule has 6 amide bonds. The number of rotatable bonds is 14. The molecule has 350 valence electrons. The molecule has 16 nitrogen and oxygen atoms in total. The lowest BCUT2D eigenvalue weighted by Crippen LogP contribution is -2.57. The number of ether oxygens (including phenoxy) is 3. The average molecular weight is 896 g/mol. The van der Waals surface area contributed by atoms with Gasteiger partial charge in [0, 0.05) is 49.7 Å². The summed E-state index contributed by atoms with van der Waals surface area (Å²) in [4.78, 5) is 85.1. The molecular formula is C49H65N7O9. The molecule has 0 spiro atoms. The predicted octanol–water partition coefficient (Wildman–Crippen LogP) is 6.45. The van der Waals surface area contributed by atoms with Crippen molar-refractivity contribution in [1.82, 2.24) is 20.4 Å². The lowest BCUT2D eigenvalue weighted by Gasteiger charge is -2.35. The number of methoxy groups -OCH3 is 1. The van der Waals surface area contributed by atoms with Gasteiger partial charge in [-0.2, -0.15) is 0 Å². The molecule has 4 N–H and O–H groups in total. The fourth-order valence-corrected chi connectivity index (χ4v) is 8.48. The van der Waals surface area contributed by atoms with Crippen LogP contribution in [0.25, 0.3) is 0 Å². The molecule has 0 unspecified atom stereocenters. The van der Waals surface area contributed by atoms with Crippen molar-refractivity contribution in [2.24, 2.45) is 10.8 Å². The number of amides is 6. The number of carbonyl (C=O) groups excluding carboxylic acids is 6. The first-order chi connectivity index (χ1) is 30.9. The van der Waals surface area contributed by atoms with Crippen LogP contribution < -0.4 is 26.2 Å². The molecule has 3 aliphatic rings. The van der Waals surface area contributed by atoms with E-state index in [1.807, 2.05) is 120 Å². The monoisotopic (exact) mass is 895 g/mol. The minimum Gasteiger partial charge on any atom is -0.453 e. The van der Waals surface area contributed by atoms with Gasteiger partial charge in [0.1, 0.15) is 30.3 Å². The van der Waals surface area contributed by atoms with Gasteiger partial charge in [-0.25, -0.2) is 9.59 Å². The maximum Gasteiger partial charge on any atom is 0.408 e. The molecule has 0 saturated carbocycles. The second kappa shape index (κ2) is 21.2. The van der Waals surface area contributed by atoms with Crippen LogP contribution in [-0.4, -0.2) is 109 Å². The molecule has 6 rings (SSSR count). The van der Waals surface area contributed by atoms with Gasteiger partial charge in [-0.1, -0.05) is 84.0 Å². The van der Waals surface area contributed by atoms with E-state index in [0.717, 1.165) is 16.8 Å². The first kappa shape index (κ1) is 48.3. The van der Waals surface area contributed by atoms with Crippen molar-refractivity contribution in [2.75, 3.05) is 48.9 Å². The number of likely N-dealkylation sites (tertiary alicyclic amines) is 2. The SMILES string of the molecule is COC(=O)N[C@H](C(=O)N1CCC[C@H]1C(=O)Nc1ccc(CN(Cc2ccc(NC(=O)[C@@H]3CCCN3C(=O)[C@@H](NC(=O)O[C@H]3CCOC3)C(C)(C)C)cc2)c2ccccc2)cc1)C(C)(C)C. The topological polar surface area (TPSA) is 188 Å². The van der Waals surface area contributed by atoms with Crippen molar-refractivity contribution < 1.29 is 43.0 Å². The number of nitrogens with one attached hydrogen (secondary N) is 4. The van der Waals surface area contributed by atoms with Gasteiger partial charge in [-0.05, 0) is 84.0 Å². The molecule has 3 fully saturated rings. The Morgan fingerprint density at radius 1 is 0.662 bits per heavy atom. The highest BCUT2D eigenvalue weighted by Crippen LogP contribution is 2.29. The summed E-state index contributed by atoms with van der Waals surface area (Å²) in [7, 11) is 1.25. The number of nitrogens with zero attached hydrogens (tertiary/aromatic N) is 3. The summed E-state index contributed by atoms with van der Waals surface area (Å²) in [6, 6.07) is 22.2. The molecule has 0 bridgehead atoms. The van der Waals surface area contributed by atoms with E-state index in [2.05, 4.69) is 26.2 Å². The van der Waals surface area contributed by atoms with Gasteiger partial charge in [0.2, 0.25) is 23.6 Å². The normalized spacial score (nSPS) is 19.5. The molecule has 3 aromatic carbocycles. The third-order valence-corrected chi connectivity index (χ3v) is 12.1. The van der Waals surface area contributed by atoms with E-state index in [0.29, 0.717) is 82.9 Å². The smallest absolute Gasteiger partial charge is 0.408 e. The van der Waals surface area contributed by atoms with E-state index >= 15 is 0 Å². The minimum absolute atomic E-state index is 0.287. The highest BCUT2D eigenvalue weighted by Gasteiger charge is 2.44. The van der Waals surface area contributed by atoms with Gasteiger partial charge in [0.25, 0.3) is 0 Å². The van der Waals surface area contributed by atoms with E-state index in [1.165, 1.54) is 7.11 Å². The van der Waals surface area contributed by atoms with E-state index in [9.17, 15) is 28.8 Å². The van der Waals surface area contributed by atoms with Crippen LogP contribution in [0.1, 0.15) is 84.8 Å². The molecular weight excluding hydrogens is 831 g/mol. The molecule has 65 heavy (non-hydrogen) atoms. The lowest BCUT2D eigenvalue weighted by molar-refractivity contribution is -0.140. The summed E-state index contributed by atoms with van der Waals surface area (Å²) in [5, 5.41) is 11.4. The Labute approximate surface area is 382 Å². The molecule has 3 heterocycles. The van der Waals surface area contributed by atoms with Crippen LogP contribution in [0.15, 0.2) is 78.9 Å². The summed E-state index contributed by atoms with van der Waals surface area (Å²) in [5.74, 6) is -1.22. The molecule has 0 radical (unpaired) electrons. The molecule has 5 atom stereocenters. The van der Waals surface area contributed by atoms with Gasteiger partial charge in [-0.3, -0.25) is 19.2 Å². The van der Waals surface area contributed by atoms with Crippen molar-refractivity contribution in [2.45, 2.75) is 117 Å². The zero-order valence-electron chi connectivity index (χ0n) is 38.7. The summed E-state index contributed by atoms with van der Waals surface area (Å²) in [5.41, 5.74) is 3.00. The third-order valence-electron chi connectivity index (χ3n) is 12.1. The van der Waals surface area contributed by atoms with Gasteiger partial charge < -0.3 is 50.2 Å². The lowest BCUT2D eigenvalue weighted by atomic mass is 9.85. The largest absolute Gasteiger partial charge is 0.453 e. The van der Waals surface area contributed by atoms with Crippen LogP contribution in [-0.2, 0) is 46.5 Å². The van der Waals surface area contributed by atoms with Crippen molar-refractivity contribution in [3.05, 3.63) is 90.0 Å². The minimum atomic E-state index is -0.894. The van der Waals surface area contributed by atoms with Crippen LogP contribution >= 0.6 is 0 Å². The fourth-order valence-electron chi connectivity index (χ4n) is 8.48. The van der Waals surface area contributed by atoms with Gasteiger partial charge in [0.15, 0.2) is 0 Å². The Morgan fingerprint density at radius 2 is 1.12 bits per heavy atom. The average Bonchev–Trinajstić information content (AvgIpc) is 4.08. The van der Waals surface area contributed by atoms with Crippen LogP contribution in [0.5, 0.6) is 0 Å². The number of hydrogen-bond acceptors (Lipinski definition) is 10. The maximum absolute atomic E-state index is 13.9. The zero-order valence-corrected chi connectivity index (χ0v) is 38.7. The van der Waals surface area contributed by atoms with Crippen molar-refractivity contribution in [3.63, 3.8) is 0 Å². The number of benzene rings is 3. The van der Waals surface area contributed by atoms with Gasteiger partial charge in [-0.15, -0.1) is 0 Å². The Balaban J connectivity index is 1.06. The summed E-state index contributed by atoms with van der Waals surface area (Å²) in [6.45, 7) is 14.0. The number of para-hydroxylation sites is 1. The van der Waals surface area contributed by atoms with Gasteiger partial charge >= 0.3 is 12.2 Å². The molecule has 16 heteroatoms. The zero-order chi connectivity index (χ0) is 46.9. The Bertz CT molecular complexity index is 2130. The highest BCUT2D eigenvalue weighted by molar-refractivity contribution is 6.00. The molecule has 0 aromatic heterocycles. The third kappa shape index (κ3) is 12.8. The predicted molar refractivity (Wildman–Crippen MR) is 247 cm³/mol. The summed E-state index contributed by atoms with van der Waals surface area (Å²) in [6.07, 6.45) is 1.22. The Morgan fingerprint density at radius 3 is 1.54 bits per heavy atom. The van der Waals surface area contributed by atoms with Crippen LogP contribution in [0.2, 0.25) is 0 Å². The second-order valence-electron chi connectivity index (χ2n) is 19.2. The fraction of sp³-hybridized carbons (Fsp3) is 0.510. The number of anilines is 3.